The summed E-state index contributed by atoms with van der Waals surface area (Å²) < 4.78 is 10.9. The van der Waals surface area contributed by atoms with Crippen LogP contribution in [0, 0.1) is 0 Å². The van der Waals surface area contributed by atoms with Crippen molar-refractivity contribution < 1.29 is 19.1 Å². The monoisotopic (exact) mass is 361 g/mol. The molecular formula is C19H23NO4S. The number of benzene rings is 1. The van der Waals surface area contributed by atoms with Crippen molar-refractivity contribution in [3.05, 3.63) is 52.2 Å². The van der Waals surface area contributed by atoms with Gasteiger partial charge in [-0.15, -0.1) is 11.3 Å². The maximum Gasteiger partial charge on any atom is 0.349 e. The van der Waals surface area contributed by atoms with E-state index in [2.05, 4.69) is 5.32 Å². The Morgan fingerprint density at radius 1 is 1.20 bits per heavy atom. The van der Waals surface area contributed by atoms with Crippen LogP contribution in [0.3, 0.4) is 0 Å². The molecule has 2 aromatic rings. The molecule has 0 spiro atoms. The van der Waals surface area contributed by atoms with Crippen molar-refractivity contribution in [2.45, 2.75) is 38.8 Å². The summed E-state index contributed by atoms with van der Waals surface area (Å²) in [5.41, 5.74) is 0.103. The summed E-state index contributed by atoms with van der Waals surface area (Å²) in [5, 5.41) is 4.72. The van der Waals surface area contributed by atoms with E-state index in [4.69, 9.17) is 9.47 Å². The first-order chi connectivity index (χ1) is 11.9. The molecule has 1 N–H and O–H groups in total. The van der Waals surface area contributed by atoms with Gasteiger partial charge in [0, 0.05) is 11.1 Å². The number of rotatable bonds is 7. The molecule has 2 rings (SSSR count). The molecule has 5 nitrogen and oxygen atoms in total. The van der Waals surface area contributed by atoms with Gasteiger partial charge >= 0.3 is 5.97 Å². The highest BCUT2D eigenvalue weighted by atomic mass is 32.1. The van der Waals surface area contributed by atoms with E-state index in [0.717, 1.165) is 6.42 Å². The second-order valence-corrected chi connectivity index (χ2v) is 7.18. The zero-order valence-electron chi connectivity index (χ0n) is 14.9. The Balaban J connectivity index is 2.34. The zero-order chi connectivity index (χ0) is 18.4. The van der Waals surface area contributed by atoms with E-state index in [1.165, 1.54) is 18.4 Å². The predicted molar refractivity (Wildman–Crippen MR) is 98.0 cm³/mol. The summed E-state index contributed by atoms with van der Waals surface area (Å²) in [5.74, 6) is -0.410. The smallest absolute Gasteiger partial charge is 0.349 e. The van der Waals surface area contributed by atoms with Crippen molar-refractivity contribution >= 4 is 23.2 Å². The van der Waals surface area contributed by atoms with Gasteiger partial charge in [0.2, 0.25) is 6.10 Å². The standard InChI is InChI=1S/C19H23NO4S/c1-5-19(2,3)20-17(21)16(13-9-6-7-10-14(13)23-4)24-18(22)15-11-8-12-25-15/h6-12,16H,5H2,1-4H3,(H,20,21)/t16-/m0/s1. The van der Waals surface area contributed by atoms with Crippen LogP contribution >= 0.6 is 11.3 Å². The second-order valence-electron chi connectivity index (χ2n) is 6.23. The number of esters is 1. The predicted octanol–water partition coefficient (Wildman–Crippen LogP) is 3.96. The van der Waals surface area contributed by atoms with E-state index >= 15 is 0 Å². The number of thiophene rings is 1. The van der Waals surface area contributed by atoms with Crippen molar-refractivity contribution in [1.82, 2.24) is 5.32 Å². The van der Waals surface area contributed by atoms with Crippen LogP contribution < -0.4 is 10.1 Å². The molecule has 1 amide bonds. The minimum Gasteiger partial charge on any atom is -0.496 e. The van der Waals surface area contributed by atoms with Gasteiger partial charge in [0.15, 0.2) is 0 Å². The fraction of sp³-hybridized carbons (Fsp3) is 0.368. The third-order valence-electron chi connectivity index (χ3n) is 3.95. The Morgan fingerprint density at radius 3 is 2.52 bits per heavy atom. The summed E-state index contributed by atoms with van der Waals surface area (Å²) in [6, 6.07) is 10.5. The number of amides is 1. The fourth-order valence-corrected chi connectivity index (χ4v) is 2.79. The van der Waals surface area contributed by atoms with Gasteiger partial charge in [0.1, 0.15) is 10.6 Å². The SMILES string of the molecule is CCC(C)(C)NC(=O)[C@@H](OC(=O)c1cccs1)c1ccccc1OC. The van der Waals surface area contributed by atoms with Crippen LogP contribution in [-0.4, -0.2) is 24.5 Å². The molecule has 1 aromatic heterocycles. The molecule has 134 valence electrons. The quantitative estimate of drug-likeness (QED) is 0.758. The van der Waals surface area contributed by atoms with Gasteiger partial charge in [-0.05, 0) is 37.8 Å². The highest BCUT2D eigenvalue weighted by Gasteiger charge is 2.31. The van der Waals surface area contributed by atoms with Crippen LogP contribution in [0.5, 0.6) is 5.75 Å². The average molecular weight is 361 g/mol. The maximum atomic E-state index is 12.9. The van der Waals surface area contributed by atoms with Crippen LogP contribution in [0.15, 0.2) is 41.8 Å². The van der Waals surface area contributed by atoms with E-state index in [1.54, 1.807) is 41.8 Å². The van der Waals surface area contributed by atoms with Crippen LogP contribution in [0.1, 0.15) is 48.5 Å². The third-order valence-corrected chi connectivity index (χ3v) is 4.80. The van der Waals surface area contributed by atoms with E-state index in [-0.39, 0.29) is 5.91 Å². The van der Waals surface area contributed by atoms with E-state index in [9.17, 15) is 9.59 Å². The molecule has 0 bridgehead atoms. The highest BCUT2D eigenvalue weighted by Crippen LogP contribution is 2.29. The molecule has 6 heteroatoms. The number of carbonyl (C=O) groups excluding carboxylic acids is 2. The Hall–Kier alpha value is -2.34. The van der Waals surface area contributed by atoms with Gasteiger partial charge < -0.3 is 14.8 Å². The van der Waals surface area contributed by atoms with Crippen LogP contribution in [0.4, 0.5) is 0 Å². The first kappa shape index (κ1) is 19.0. The lowest BCUT2D eigenvalue weighted by Crippen LogP contribution is -2.45. The molecule has 0 aliphatic heterocycles. The van der Waals surface area contributed by atoms with Crippen molar-refractivity contribution in [1.29, 1.82) is 0 Å². The lowest BCUT2D eigenvalue weighted by atomic mass is 10.00. The lowest BCUT2D eigenvalue weighted by molar-refractivity contribution is -0.132. The van der Waals surface area contributed by atoms with Crippen molar-refractivity contribution in [3.8, 4) is 5.75 Å². The third kappa shape index (κ3) is 4.82. The summed E-state index contributed by atoms with van der Waals surface area (Å²) in [7, 11) is 1.52. The molecule has 1 aromatic carbocycles. The second kappa shape index (κ2) is 8.16. The Kier molecular flexibility index (Phi) is 6.20. The number of hydrogen-bond acceptors (Lipinski definition) is 5. The van der Waals surface area contributed by atoms with Gasteiger partial charge in [0.25, 0.3) is 5.91 Å². The van der Waals surface area contributed by atoms with E-state index < -0.39 is 17.6 Å². The molecule has 1 atom stereocenters. The molecular weight excluding hydrogens is 338 g/mol. The summed E-state index contributed by atoms with van der Waals surface area (Å²) in [6.07, 6.45) is -0.340. The zero-order valence-corrected chi connectivity index (χ0v) is 15.7. The normalized spacial score (nSPS) is 12.3. The highest BCUT2D eigenvalue weighted by molar-refractivity contribution is 7.11. The van der Waals surface area contributed by atoms with Crippen molar-refractivity contribution in [3.63, 3.8) is 0 Å². The van der Waals surface area contributed by atoms with Crippen molar-refractivity contribution in [2.24, 2.45) is 0 Å². The maximum absolute atomic E-state index is 12.9. The Morgan fingerprint density at radius 2 is 1.92 bits per heavy atom. The number of para-hydroxylation sites is 1. The molecule has 0 saturated heterocycles. The Bertz CT molecular complexity index is 725. The summed E-state index contributed by atoms with van der Waals surface area (Å²) >= 11 is 1.27. The topological polar surface area (TPSA) is 64.6 Å². The summed E-state index contributed by atoms with van der Waals surface area (Å²) in [4.78, 5) is 25.7. The minimum atomic E-state index is -1.09. The largest absolute Gasteiger partial charge is 0.496 e. The van der Waals surface area contributed by atoms with Gasteiger partial charge in [-0.1, -0.05) is 31.2 Å². The van der Waals surface area contributed by atoms with E-state index in [0.29, 0.717) is 16.2 Å². The van der Waals surface area contributed by atoms with Crippen LogP contribution in [0.2, 0.25) is 0 Å². The first-order valence-electron chi connectivity index (χ1n) is 8.07. The number of methoxy groups -OCH3 is 1. The number of hydrogen-bond donors (Lipinski definition) is 1. The average Bonchev–Trinajstić information content (AvgIpc) is 3.13. The molecule has 0 aliphatic rings. The van der Waals surface area contributed by atoms with Crippen LogP contribution in [-0.2, 0) is 9.53 Å². The molecule has 0 fully saturated rings. The van der Waals surface area contributed by atoms with Crippen LogP contribution in [0.25, 0.3) is 0 Å². The summed E-state index contributed by atoms with van der Waals surface area (Å²) in [6.45, 7) is 5.83. The van der Waals surface area contributed by atoms with Gasteiger partial charge in [-0.2, -0.15) is 0 Å². The number of nitrogens with one attached hydrogen (secondary N) is 1. The molecule has 0 unspecified atom stereocenters. The number of carbonyl (C=O) groups is 2. The minimum absolute atomic E-state index is 0.374. The van der Waals surface area contributed by atoms with E-state index in [1.807, 2.05) is 20.8 Å². The molecule has 0 saturated carbocycles. The Labute approximate surface area is 152 Å². The van der Waals surface area contributed by atoms with Gasteiger partial charge in [-0.3, -0.25) is 4.79 Å². The molecule has 1 heterocycles. The van der Waals surface area contributed by atoms with Gasteiger partial charge in [-0.25, -0.2) is 4.79 Å². The number of ether oxygens (including phenoxy) is 2. The lowest BCUT2D eigenvalue weighted by Gasteiger charge is -2.28. The molecule has 25 heavy (non-hydrogen) atoms. The van der Waals surface area contributed by atoms with Crippen molar-refractivity contribution in [2.75, 3.05) is 7.11 Å². The molecule has 0 aliphatic carbocycles. The first-order valence-corrected chi connectivity index (χ1v) is 8.95. The van der Waals surface area contributed by atoms with Gasteiger partial charge in [0.05, 0.1) is 7.11 Å². The fourth-order valence-electron chi connectivity index (χ4n) is 2.19. The molecule has 0 radical (unpaired) electrons.